The maximum atomic E-state index is 12.0. The van der Waals surface area contributed by atoms with Crippen LogP contribution in [0.5, 0.6) is 0 Å². The van der Waals surface area contributed by atoms with Gasteiger partial charge >= 0.3 is 0 Å². The number of hydroxylamine groups is 1. The van der Waals surface area contributed by atoms with Gasteiger partial charge in [0.05, 0.1) is 13.4 Å². The molecule has 2 aromatic carbocycles. The van der Waals surface area contributed by atoms with E-state index in [0.717, 1.165) is 17.7 Å². The van der Waals surface area contributed by atoms with Gasteiger partial charge in [0.1, 0.15) is 0 Å². The molecule has 5 heteroatoms. The zero-order valence-corrected chi connectivity index (χ0v) is 15.2. The zero-order valence-electron chi connectivity index (χ0n) is 15.2. The Kier molecular flexibility index (Phi) is 5.49. The Balaban J connectivity index is 1.96. The molecule has 3 aromatic rings. The Morgan fingerprint density at radius 3 is 2.77 bits per heavy atom. The van der Waals surface area contributed by atoms with Crippen LogP contribution in [0.4, 0.5) is 0 Å². The summed E-state index contributed by atoms with van der Waals surface area (Å²) < 4.78 is 0. The second kappa shape index (κ2) is 7.97. The van der Waals surface area contributed by atoms with Crippen molar-refractivity contribution in [1.29, 1.82) is 0 Å². The molecule has 0 radical (unpaired) electrons. The first-order chi connectivity index (χ1) is 12.6. The maximum Gasteiger partial charge on any atom is 0.274 e. The third kappa shape index (κ3) is 3.83. The lowest BCUT2D eigenvalue weighted by atomic mass is 9.85. The second-order valence-electron chi connectivity index (χ2n) is 6.39. The first-order valence-corrected chi connectivity index (χ1v) is 8.56. The van der Waals surface area contributed by atoms with E-state index >= 15 is 0 Å². The first kappa shape index (κ1) is 17.9. The van der Waals surface area contributed by atoms with Crippen LogP contribution in [0.25, 0.3) is 0 Å². The molecule has 0 spiro atoms. The van der Waals surface area contributed by atoms with Crippen LogP contribution in [0.3, 0.4) is 0 Å². The highest BCUT2D eigenvalue weighted by Gasteiger charge is 2.19. The molecular formula is C21H23N3O2. The number of nitrogens with one attached hydrogen (secondary N) is 2. The number of aryl methyl sites for hydroxylation is 1. The number of carbonyl (C=O) groups is 1. The molecule has 0 saturated carbocycles. The molecule has 0 saturated heterocycles. The third-order valence-electron chi connectivity index (χ3n) is 4.74. The van der Waals surface area contributed by atoms with Crippen LogP contribution in [0.1, 0.15) is 44.2 Å². The standard InChI is InChI=1S/C21H23N3O2/c1-14-6-4-9-18(15(14)2)19(20-12-22-13-23-20)11-16-7-5-8-17(10-16)21(25)24-26-3/h4-10,12-13,19H,11H2,1-3H3,(H,22,23)(H,24,25). The lowest BCUT2D eigenvalue weighted by Crippen LogP contribution is -2.21. The highest BCUT2D eigenvalue weighted by molar-refractivity contribution is 5.93. The number of rotatable bonds is 6. The minimum Gasteiger partial charge on any atom is -0.348 e. The summed E-state index contributed by atoms with van der Waals surface area (Å²) in [5.41, 5.74) is 8.89. The molecule has 134 valence electrons. The molecule has 1 unspecified atom stereocenters. The zero-order chi connectivity index (χ0) is 18.5. The molecule has 0 fully saturated rings. The van der Waals surface area contributed by atoms with Gasteiger partial charge in [0.25, 0.3) is 5.91 Å². The minimum absolute atomic E-state index is 0.137. The molecule has 0 aliphatic heterocycles. The summed E-state index contributed by atoms with van der Waals surface area (Å²) in [5, 5.41) is 0. The number of nitrogens with zero attached hydrogens (tertiary/aromatic N) is 1. The summed E-state index contributed by atoms with van der Waals surface area (Å²) in [6.45, 7) is 4.27. The van der Waals surface area contributed by atoms with E-state index in [2.05, 4.69) is 47.5 Å². The average Bonchev–Trinajstić information content (AvgIpc) is 3.17. The number of aromatic amines is 1. The monoisotopic (exact) mass is 349 g/mol. The molecular weight excluding hydrogens is 326 g/mol. The smallest absolute Gasteiger partial charge is 0.274 e. The predicted octanol–water partition coefficient (Wildman–Crippen LogP) is 3.69. The fourth-order valence-electron chi connectivity index (χ4n) is 3.22. The summed E-state index contributed by atoms with van der Waals surface area (Å²) in [6, 6.07) is 14.0. The van der Waals surface area contributed by atoms with Gasteiger partial charge in [0, 0.05) is 23.4 Å². The number of aromatic nitrogens is 2. The van der Waals surface area contributed by atoms with Crippen LogP contribution in [-0.4, -0.2) is 23.0 Å². The van der Waals surface area contributed by atoms with Crippen molar-refractivity contribution in [3.63, 3.8) is 0 Å². The quantitative estimate of drug-likeness (QED) is 0.667. The van der Waals surface area contributed by atoms with Gasteiger partial charge < -0.3 is 4.98 Å². The van der Waals surface area contributed by atoms with Crippen molar-refractivity contribution in [2.75, 3.05) is 7.11 Å². The largest absolute Gasteiger partial charge is 0.348 e. The van der Waals surface area contributed by atoms with Crippen molar-refractivity contribution in [3.8, 4) is 0 Å². The Morgan fingerprint density at radius 2 is 2.04 bits per heavy atom. The van der Waals surface area contributed by atoms with Crippen molar-refractivity contribution >= 4 is 5.91 Å². The van der Waals surface area contributed by atoms with Gasteiger partial charge in [-0.3, -0.25) is 9.63 Å². The van der Waals surface area contributed by atoms with E-state index in [1.54, 1.807) is 12.4 Å². The summed E-state index contributed by atoms with van der Waals surface area (Å²) in [6.07, 6.45) is 4.34. The number of imidazole rings is 1. The van der Waals surface area contributed by atoms with Crippen LogP contribution in [0.2, 0.25) is 0 Å². The summed E-state index contributed by atoms with van der Waals surface area (Å²) in [7, 11) is 1.43. The summed E-state index contributed by atoms with van der Waals surface area (Å²) in [5.74, 6) is -0.114. The van der Waals surface area contributed by atoms with E-state index < -0.39 is 0 Å². The van der Waals surface area contributed by atoms with E-state index in [9.17, 15) is 4.79 Å². The molecule has 1 atom stereocenters. The van der Waals surface area contributed by atoms with Crippen LogP contribution in [0, 0.1) is 13.8 Å². The van der Waals surface area contributed by atoms with Crippen molar-refractivity contribution in [3.05, 3.63) is 88.5 Å². The topological polar surface area (TPSA) is 67.0 Å². The fraction of sp³-hybridized carbons (Fsp3) is 0.238. The molecule has 1 heterocycles. The normalized spacial score (nSPS) is 12.0. The predicted molar refractivity (Wildman–Crippen MR) is 101 cm³/mol. The number of amides is 1. The van der Waals surface area contributed by atoms with E-state index in [4.69, 9.17) is 4.84 Å². The summed E-state index contributed by atoms with van der Waals surface area (Å²) in [4.78, 5) is 24.2. The Labute approximate surface area is 153 Å². The number of carbonyl (C=O) groups excluding carboxylic acids is 1. The van der Waals surface area contributed by atoms with Crippen molar-refractivity contribution < 1.29 is 9.63 Å². The molecule has 2 N–H and O–H groups in total. The Bertz CT molecular complexity index is 888. The average molecular weight is 349 g/mol. The van der Waals surface area contributed by atoms with E-state index in [1.807, 2.05) is 24.4 Å². The first-order valence-electron chi connectivity index (χ1n) is 8.56. The van der Waals surface area contributed by atoms with Gasteiger partial charge in [-0.1, -0.05) is 30.3 Å². The van der Waals surface area contributed by atoms with Gasteiger partial charge in [-0.15, -0.1) is 0 Å². The van der Waals surface area contributed by atoms with Gasteiger partial charge in [-0.05, 0) is 54.7 Å². The molecule has 3 rings (SSSR count). The van der Waals surface area contributed by atoms with Gasteiger partial charge in [0.2, 0.25) is 0 Å². The molecule has 1 aromatic heterocycles. The Hall–Kier alpha value is -2.92. The van der Waals surface area contributed by atoms with Crippen molar-refractivity contribution in [1.82, 2.24) is 15.4 Å². The maximum absolute atomic E-state index is 12.0. The van der Waals surface area contributed by atoms with Crippen molar-refractivity contribution in [2.45, 2.75) is 26.2 Å². The van der Waals surface area contributed by atoms with Crippen LogP contribution in [0.15, 0.2) is 55.0 Å². The van der Waals surface area contributed by atoms with Gasteiger partial charge in [-0.2, -0.15) is 0 Å². The number of benzene rings is 2. The van der Waals surface area contributed by atoms with Crippen LogP contribution >= 0.6 is 0 Å². The molecule has 26 heavy (non-hydrogen) atoms. The number of H-pyrrole nitrogens is 1. The van der Waals surface area contributed by atoms with E-state index in [-0.39, 0.29) is 11.8 Å². The van der Waals surface area contributed by atoms with Crippen LogP contribution < -0.4 is 5.48 Å². The number of hydrogen-bond acceptors (Lipinski definition) is 3. The molecule has 0 bridgehead atoms. The van der Waals surface area contributed by atoms with Gasteiger partial charge in [-0.25, -0.2) is 10.5 Å². The molecule has 1 amide bonds. The minimum atomic E-state index is -0.251. The highest BCUT2D eigenvalue weighted by atomic mass is 16.6. The molecule has 0 aliphatic carbocycles. The fourth-order valence-corrected chi connectivity index (χ4v) is 3.22. The van der Waals surface area contributed by atoms with Crippen LogP contribution in [-0.2, 0) is 11.3 Å². The molecule has 5 nitrogen and oxygen atoms in total. The second-order valence-corrected chi connectivity index (χ2v) is 6.39. The van der Waals surface area contributed by atoms with Crippen molar-refractivity contribution in [2.24, 2.45) is 0 Å². The molecule has 0 aliphatic rings. The lowest BCUT2D eigenvalue weighted by Gasteiger charge is -2.20. The number of hydrogen-bond donors (Lipinski definition) is 2. The highest BCUT2D eigenvalue weighted by Crippen LogP contribution is 2.30. The third-order valence-corrected chi connectivity index (χ3v) is 4.74. The van der Waals surface area contributed by atoms with Gasteiger partial charge in [0.15, 0.2) is 0 Å². The van der Waals surface area contributed by atoms with E-state index in [1.165, 1.54) is 23.8 Å². The SMILES string of the molecule is CONC(=O)c1cccc(CC(c2cnc[nH]2)c2cccc(C)c2C)c1. The van der Waals surface area contributed by atoms with E-state index in [0.29, 0.717) is 5.56 Å². The lowest BCUT2D eigenvalue weighted by molar-refractivity contribution is 0.0537. The Morgan fingerprint density at radius 1 is 1.23 bits per heavy atom. The summed E-state index contributed by atoms with van der Waals surface area (Å²) >= 11 is 0.